The number of ether oxygens (including phenoxy) is 1. The van der Waals surface area contributed by atoms with Gasteiger partial charge in [0.15, 0.2) is 8.32 Å². The quantitative estimate of drug-likeness (QED) is 0.693. The summed E-state index contributed by atoms with van der Waals surface area (Å²) in [5.74, 6) is 0.364. The van der Waals surface area contributed by atoms with Gasteiger partial charge in [-0.05, 0) is 64.2 Å². The molecule has 1 fully saturated rings. The monoisotopic (exact) mass is 330 g/mol. The van der Waals surface area contributed by atoms with Gasteiger partial charge >= 0.3 is 6.09 Å². The summed E-state index contributed by atoms with van der Waals surface area (Å²) in [7, 11) is -2.24. The van der Waals surface area contributed by atoms with Crippen LogP contribution in [0.5, 0.6) is 0 Å². The molecule has 1 aliphatic rings. The Hall–Kier alpha value is -0.593. The summed E-state index contributed by atoms with van der Waals surface area (Å²) >= 11 is 0. The maximum atomic E-state index is 12.0. The maximum absolute atomic E-state index is 12.0. The topological polar surface area (TPSA) is 70.6 Å². The van der Waals surface area contributed by atoms with Gasteiger partial charge in [0.1, 0.15) is 5.60 Å². The number of alkyl carbamates (subject to hydrolysis) is 1. The first-order chi connectivity index (χ1) is 9.82. The molecule has 0 unspecified atom stereocenters. The Balaban J connectivity index is 2.70. The van der Waals surface area contributed by atoms with Gasteiger partial charge in [0.05, 0.1) is 0 Å². The van der Waals surface area contributed by atoms with Crippen LogP contribution in [0.25, 0.3) is 0 Å². The van der Waals surface area contributed by atoms with E-state index in [-0.39, 0.29) is 17.2 Å². The van der Waals surface area contributed by atoms with Crippen LogP contribution in [0, 0.1) is 5.92 Å². The maximum Gasteiger partial charge on any atom is 0.407 e. The van der Waals surface area contributed by atoms with E-state index < -0.39 is 13.9 Å². The SMILES string of the molecule is CC(C)(C)OC(=O)N[C@H]1CNCC[C@@H]1CC(C)(C)[Si](C)(C)O. The first kappa shape index (κ1) is 19.5. The minimum Gasteiger partial charge on any atom is -0.444 e. The van der Waals surface area contributed by atoms with Crippen molar-refractivity contribution in [1.82, 2.24) is 10.6 Å². The molecule has 1 rings (SSSR count). The van der Waals surface area contributed by atoms with Crippen molar-refractivity contribution < 1.29 is 14.3 Å². The van der Waals surface area contributed by atoms with Gasteiger partial charge in [-0.25, -0.2) is 4.79 Å². The molecule has 1 amide bonds. The van der Waals surface area contributed by atoms with Gasteiger partial charge in [0.25, 0.3) is 0 Å². The van der Waals surface area contributed by atoms with Gasteiger partial charge in [-0.15, -0.1) is 0 Å². The van der Waals surface area contributed by atoms with Crippen LogP contribution in [0.3, 0.4) is 0 Å². The smallest absolute Gasteiger partial charge is 0.407 e. The predicted octanol–water partition coefficient (Wildman–Crippen LogP) is 2.86. The minimum absolute atomic E-state index is 0.0548. The summed E-state index contributed by atoms with van der Waals surface area (Å²) in [6.07, 6.45) is 1.57. The van der Waals surface area contributed by atoms with Crippen LogP contribution in [0.2, 0.25) is 18.1 Å². The number of piperidine rings is 1. The number of rotatable bonds is 4. The van der Waals surface area contributed by atoms with Crippen LogP contribution < -0.4 is 10.6 Å². The molecule has 0 aromatic rings. The van der Waals surface area contributed by atoms with Crippen LogP contribution in [0.4, 0.5) is 4.79 Å². The number of hydrogen-bond donors (Lipinski definition) is 3. The van der Waals surface area contributed by atoms with Gasteiger partial charge in [0, 0.05) is 12.6 Å². The lowest BCUT2D eigenvalue weighted by molar-refractivity contribution is 0.0469. The van der Waals surface area contributed by atoms with Crippen molar-refractivity contribution >= 4 is 14.4 Å². The van der Waals surface area contributed by atoms with Crippen LogP contribution in [0.15, 0.2) is 0 Å². The van der Waals surface area contributed by atoms with E-state index in [0.717, 1.165) is 25.9 Å². The molecule has 5 nitrogen and oxygen atoms in total. The second-order valence-electron chi connectivity index (χ2n) is 8.65. The molecule has 0 aromatic heterocycles. The molecular weight excluding hydrogens is 296 g/mol. The van der Waals surface area contributed by atoms with E-state index in [1.165, 1.54) is 0 Å². The van der Waals surface area contributed by atoms with Gasteiger partial charge in [-0.2, -0.15) is 0 Å². The molecular formula is C16H34N2O3Si. The van der Waals surface area contributed by atoms with Crippen LogP contribution in [0.1, 0.15) is 47.5 Å². The van der Waals surface area contributed by atoms with E-state index in [4.69, 9.17) is 4.74 Å². The molecule has 1 heterocycles. The fraction of sp³-hybridized carbons (Fsp3) is 0.938. The normalized spacial score (nSPS) is 24.0. The standard InChI is InChI=1S/C16H34N2O3Si/c1-15(2,3)21-14(19)18-13-11-17-9-8-12(13)10-16(4,5)22(6,7)20/h12-13,17,20H,8-11H2,1-7H3,(H,18,19)/t12-,13+/m1/s1. The van der Waals surface area contributed by atoms with Gasteiger partial charge in [-0.3, -0.25) is 0 Å². The molecule has 6 heteroatoms. The van der Waals surface area contributed by atoms with Crippen molar-refractivity contribution in [2.75, 3.05) is 13.1 Å². The second kappa shape index (κ2) is 6.89. The fourth-order valence-electron chi connectivity index (χ4n) is 2.69. The van der Waals surface area contributed by atoms with E-state index in [1.54, 1.807) is 0 Å². The summed E-state index contributed by atoms with van der Waals surface area (Å²) in [6, 6.07) is 0.0548. The number of nitrogens with one attached hydrogen (secondary N) is 2. The Labute approximate surface area is 136 Å². The van der Waals surface area contributed by atoms with E-state index in [2.05, 4.69) is 24.5 Å². The lowest BCUT2D eigenvalue weighted by Gasteiger charge is -2.42. The number of carbonyl (C=O) groups excluding carboxylic acids is 1. The average molecular weight is 331 g/mol. The van der Waals surface area contributed by atoms with Crippen LogP contribution >= 0.6 is 0 Å². The van der Waals surface area contributed by atoms with Gasteiger partial charge in [-0.1, -0.05) is 13.8 Å². The highest BCUT2D eigenvalue weighted by atomic mass is 28.4. The number of amides is 1. The van der Waals surface area contributed by atoms with E-state index in [1.807, 2.05) is 33.9 Å². The van der Waals surface area contributed by atoms with Crippen molar-refractivity contribution in [3.8, 4) is 0 Å². The van der Waals surface area contributed by atoms with Crippen LogP contribution in [-0.2, 0) is 4.74 Å². The summed E-state index contributed by atoms with van der Waals surface area (Å²) < 4.78 is 5.37. The molecule has 130 valence electrons. The Bertz CT molecular complexity index is 386. The Morgan fingerprint density at radius 1 is 1.32 bits per heavy atom. The Morgan fingerprint density at radius 2 is 1.91 bits per heavy atom. The van der Waals surface area contributed by atoms with Gasteiger partial charge in [0.2, 0.25) is 0 Å². The molecule has 2 atom stereocenters. The summed E-state index contributed by atoms with van der Waals surface area (Å²) in [4.78, 5) is 22.5. The molecule has 22 heavy (non-hydrogen) atoms. The van der Waals surface area contributed by atoms with Crippen molar-refractivity contribution in [3.63, 3.8) is 0 Å². The molecule has 0 radical (unpaired) electrons. The summed E-state index contributed by atoms with van der Waals surface area (Å²) in [6.45, 7) is 15.6. The lowest BCUT2D eigenvalue weighted by Crippen LogP contribution is -2.53. The third-order valence-electron chi connectivity index (χ3n) is 4.76. The summed E-state index contributed by atoms with van der Waals surface area (Å²) in [5, 5.41) is 6.27. The van der Waals surface area contributed by atoms with Crippen LogP contribution in [-0.4, -0.2) is 43.9 Å². The molecule has 1 saturated heterocycles. The molecule has 0 saturated carbocycles. The zero-order valence-corrected chi connectivity index (χ0v) is 16.2. The predicted molar refractivity (Wildman–Crippen MR) is 92.5 cm³/mol. The summed E-state index contributed by atoms with van der Waals surface area (Å²) in [5.41, 5.74) is -0.485. The highest BCUT2D eigenvalue weighted by Crippen LogP contribution is 2.43. The number of hydrogen-bond acceptors (Lipinski definition) is 4. The Morgan fingerprint density at radius 3 is 2.41 bits per heavy atom. The second-order valence-corrected chi connectivity index (χ2v) is 13.1. The average Bonchev–Trinajstić information content (AvgIpc) is 2.27. The molecule has 0 aliphatic carbocycles. The first-order valence-electron chi connectivity index (χ1n) is 8.24. The molecule has 0 bridgehead atoms. The van der Waals surface area contributed by atoms with E-state index >= 15 is 0 Å². The fourth-order valence-corrected chi connectivity index (χ4v) is 3.45. The largest absolute Gasteiger partial charge is 0.444 e. The first-order valence-corrected chi connectivity index (χ1v) is 11.2. The van der Waals surface area contributed by atoms with Crippen molar-refractivity contribution in [2.45, 2.75) is 77.2 Å². The third kappa shape index (κ3) is 5.89. The Kier molecular flexibility index (Phi) is 6.09. The molecule has 0 aromatic carbocycles. The third-order valence-corrected chi connectivity index (χ3v) is 8.27. The zero-order valence-electron chi connectivity index (χ0n) is 15.2. The minimum atomic E-state index is -2.24. The molecule has 3 N–H and O–H groups in total. The molecule has 1 aliphatic heterocycles. The van der Waals surface area contributed by atoms with E-state index in [0.29, 0.717) is 5.92 Å². The zero-order chi connectivity index (χ0) is 17.2. The number of carbonyl (C=O) groups is 1. The molecule has 0 spiro atoms. The lowest BCUT2D eigenvalue weighted by atomic mass is 9.85. The van der Waals surface area contributed by atoms with Gasteiger partial charge < -0.3 is 20.2 Å². The van der Waals surface area contributed by atoms with Crippen molar-refractivity contribution in [3.05, 3.63) is 0 Å². The van der Waals surface area contributed by atoms with Crippen molar-refractivity contribution in [2.24, 2.45) is 5.92 Å². The van der Waals surface area contributed by atoms with E-state index in [9.17, 15) is 9.59 Å². The van der Waals surface area contributed by atoms with Crippen molar-refractivity contribution in [1.29, 1.82) is 0 Å². The highest BCUT2D eigenvalue weighted by molar-refractivity contribution is 6.72. The highest BCUT2D eigenvalue weighted by Gasteiger charge is 2.42.